The van der Waals surface area contributed by atoms with Gasteiger partial charge in [-0.15, -0.1) is 0 Å². The summed E-state index contributed by atoms with van der Waals surface area (Å²) in [5.41, 5.74) is 3.23. The first-order valence-corrected chi connectivity index (χ1v) is 12.4. The van der Waals surface area contributed by atoms with E-state index in [4.69, 9.17) is 9.47 Å². The first-order valence-electron chi connectivity index (χ1n) is 12.4. The van der Waals surface area contributed by atoms with Gasteiger partial charge in [0, 0.05) is 26.6 Å². The molecule has 1 aliphatic rings. The van der Waals surface area contributed by atoms with Crippen molar-refractivity contribution in [3.05, 3.63) is 108 Å². The van der Waals surface area contributed by atoms with E-state index in [2.05, 4.69) is 29.2 Å². The number of aliphatic hydroxyl groups excluding tert-OH is 1. The number of ether oxygens (including phenoxy) is 2. The molecular formula is C30H35NO4. The molecule has 0 bridgehead atoms. The van der Waals surface area contributed by atoms with Crippen LogP contribution >= 0.6 is 0 Å². The van der Waals surface area contributed by atoms with Gasteiger partial charge >= 0.3 is 5.97 Å². The minimum atomic E-state index is -0.437. The lowest BCUT2D eigenvalue weighted by Gasteiger charge is -2.37. The van der Waals surface area contributed by atoms with Crippen LogP contribution in [0.4, 0.5) is 0 Å². The average molecular weight is 474 g/mol. The van der Waals surface area contributed by atoms with Gasteiger partial charge in [-0.3, -0.25) is 9.69 Å². The summed E-state index contributed by atoms with van der Waals surface area (Å²) in [7, 11) is 0. The summed E-state index contributed by atoms with van der Waals surface area (Å²) < 4.78 is 12.0. The Morgan fingerprint density at radius 3 is 1.97 bits per heavy atom. The van der Waals surface area contributed by atoms with Crippen LogP contribution in [0.3, 0.4) is 0 Å². The normalized spacial score (nSPS) is 19.4. The zero-order valence-corrected chi connectivity index (χ0v) is 20.3. The quantitative estimate of drug-likeness (QED) is 0.412. The summed E-state index contributed by atoms with van der Waals surface area (Å²) in [5, 5.41) is 10.9. The van der Waals surface area contributed by atoms with Crippen LogP contribution in [-0.2, 0) is 14.3 Å². The summed E-state index contributed by atoms with van der Waals surface area (Å²) in [6, 6.07) is 30.3. The van der Waals surface area contributed by atoms with Gasteiger partial charge in [0.1, 0.15) is 12.2 Å². The minimum absolute atomic E-state index is 0.120. The number of aliphatic hydroxyl groups is 1. The van der Waals surface area contributed by atoms with Crippen molar-refractivity contribution in [2.45, 2.75) is 38.1 Å². The molecule has 4 rings (SSSR count). The standard InChI is InChI=1S/C30H35NO4/c1-23(32)35-29(25-11-5-2-6-12-25)22-31-19-17-24(28(33)21-31)18-20-34-30(26-13-7-3-8-14-26)27-15-9-4-10-16-27/h2-16,24,28-30,33H,17-22H2,1H3. The third-order valence-corrected chi connectivity index (χ3v) is 6.69. The molecule has 3 aromatic carbocycles. The molecule has 3 unspecified atom stereocenters. The molecular weight excluding hydrogens is 438 g/mol. The summed E-state index contributed by atoms with van der Waals surface area (Å²) >= 11 is 0. The van der Waals surface area contributed by atoms with Gasteiger partial charge in [-0.05, 0) is 42.0 Å². The van der Waals surface area contributed by atoms with E-state index in [1.54, 1.807) is 0 Å². The summed E-state index contributed by atoms with van der Waals surface area (Å²) in [5.74, 6) is -0.111. The van der Waals surface area contributed by atoms with Crippen LogP contribution in [0.25, 0.3) is 0 Å². The Balaban J connectivity index is 1.31. The zero-order chi connectivity index (χ0) is 24.5. The van der Waals surface area contributed by atoms with E-state index >= 15 is 0 Å². The van der Waals surface area contributed by atoms with E-state index in [-0.39, 0.29) is 24.1 Å². The number of carbonyl (C=O) groups excluding carboxylic acids is 1. The molecule has 1 fully saturated rings. The SMILES string of the molecule is CC(=O)OC(CN1CCC(CCOC(c2ccccc2)c2ccccc2)C(O)C1)c1ccccc1. The highest BCUT2D eigenvalue weighted by Gasteiger charge is 2.30. The Kier molecular flexibility index (Phi) is 9.07. The molecule has 0 aliphatic carbocycles. The molecule has 1 saturated heterocycles. The fraction of sp³-hybridized carbons (Fsp3) is 0.367. The highest BCUT2D eigenvalue weighted by Crippen LogP contribution is 2.29. The molecule has 1 aliphatic heterocycles. The van der Waals surface area contributed by atoms with Crippen LogP contribution in [0.15, 0.2) is 91.0 Å². The second-order valence-corrected chi connectivity index (χ2v) is 9.25. The zero-order valence-electron chi connectivity index (χ0n) is 20.3. The number of esters is 1. The highest BCUT2D eigenvalue weighted by molar-refractivity contribution is 5.66. The van der Waals surface area contributed by atoms with Gasteiger partial charge in [0.15, 0.2) is 0 Å². The largest absolute Gasteiger partial charge is 0.456 e. The maximum Gasteiger partial charge on any atom is 0.303 e. The first kappa shape index (κ1) is 25.1. The van der Waals surface area contributed by atoms with Crippen LogP contribution in [-0.4, -0.2) is 48.3 Å². The molecule has 5 nitrogen and oxygen atoms in total. The van der Waals surface area contributed by atoms with Gasteiger partial charge in [0.2, 0.25) is 0 Å². The van der Waals surface area contributed by atoms with Crippen molar-refractivity contribution in [1.29, 1.82) is 0 Å². The summed E-state index contributed by atoms with van der Waals surface area (Å²) in [6.07, 6.45) is 0.793. The van der Waals surface area contributed by atoms with Crippen LogP contribution in [0.5, 0.6) is 0 Å². The number of piperidine rings is 1. The van der Waals surface area contributed by atoms with Crippen LogP contribution in [0.2, 0.25) is 0 Å². The van der Waals surface area contributed by atoms with Crippen molar-refractivity contribution in [2.24, 2.45) is 5.92 Å². The molecule has 3 atom stereocenters. The summed E-state index contributed by atoms with van der Waals surface area (Å²) in [6.45, 7) is 4.02. The van der Waals surface area contributed by atoms with Gasteiger partial charge in [0.05, 0.1) is 6.10 Å². The predicted molar refractivity (Wildman–Crippen MR) is 137 cm³/mol. The van der Waals surface area contributed by atoms with Crippen LogP contribution < -0.4 is 0 Å². The molecule has 184 valence electrons. The molecule has 5 heteroatoms. The van der Waals surface area contributed by atoms with Gasteiger partial charge in [-0.25, -0.2) is 0 Å². The number of benzene rings is 3. The van der Waals surface area contributed by atoms with Crippen molar-refractivity contribution >= 4 is 5.97 Å². The molecule has 0 saturated carbocycles. The van der Waals surface area contributed by atoms with Gasteiger partial charge < -0.3 is 14.6 Å². The third kappa shape index (κ3) is 7.25. The second kappa shape index (κ2) is 12.6. The first-order chi connectivity index (χ1) is 17.1. The summed E-state index contributed by atoms with van der Waals surface area (Å²) in [4.78, 5) is 13.9. The van der Waals surface area contributed by atoms with Crippen molar-refractivity contribution in [3.8, 4) is 0 Å². The van der Waals surface area contributed by atoms with E-state index in [0.29, 0.717) is 19.7 Å². The molecule has 35 heavy (non-hydrogen) atoms. The van der Waals surface area contributed by atoms with Gasteiger partial charge in [-0.1, -0.05) is 91.0 Å². The fourth-order valence-electron chi connectivity index (χ4n) is 4.84. The van der Waals surface area contributed by atoms with Crippen LogP contribution in [0, 0.1) is 5.92 Å². The lowest BCUT2D eigenvalue weighted by atomic mass is 9.90. The van der Waals surface area contributed by atoms with Crippen LogP contribution in [0.1, 0.15) is 48.7 Å². The fourth-order valence-corrected chi connectivity index (χ4v) is 4.84. The number of hydrogen-bond donors (Lipinski definition) is 1. The minimum Gasteiger partial charge on any atom is -0.456 e. The van der Waals surface area contributed by atoms with E-state index in [9.17, 15) is 9.90 Å². The van der Waals surface area contributed by atoms with Gasteiger partial charge in [0.25, 0.3) is 0 Å². The Labute approximate surface area is 208 Å². The number of carbonyl (C=O) groups is 1. The van der Waals surface area contributed by atoms with Crippen molar-refractivity contribution in [2.75, 3.05) is 26.2 Å². The Hall–Kier alpha value is -2.99. The van der Waals surface area contributed by atoms with Crippen molar-refractivity contribution < 1.29 is 19.4 Å². The van der Waals surface area contributed by atoms with Gasteiger partial charge in [-0.2, -0.15) is 0 Å². The van der Waals surface area contributed by atoms with E-state index in [1.807, 2.05) is 66.7 Å². The molecule has 0 radical (unpaired) electrons. The lowest BCUT2D eigenvalue weighted by molar-refractivity contribution is -0.148. The molecule has 1 N–H and O–H groups in total. The lowest BCUT2D eigenvalue weighted by Crippen LogP contribution is -2.45. The molecule has 1 heterocycles. The van der Waals surface area contributed by atoms with E-state index in [0.717, 1.165) is 36.1 Å². The molecule has 0 spiro atoms. The topological polar surface area (TPSA) is 59.0 Å². The molecule has 3 aromatic rings. The number of β-amino-alcohol motifs (C(OH)–C–C–N with tert-alkyl or cyclic N) is 1. The Morgan fingerprint density at radius 2 is 1.46 bits per heavy atom. The number of nitrogens with zero attached hydrogens (tertiary/aromatic N) is 1. The molecule has 0 aromatic heterocycles. The maximum atomic E-state index is 11.7. The predicted octanol–water partition coefficient (Wildman–Crippen LogP) is 5.17. The number of likely N-dealkylation sites (tertiary alicyclic amines) is 1. The average Bonchev–Trinajstić information content (AvgIpc) is 2.88. The van der Waals surface area contributed by atoms with E-state index in [1.165, 1.54) is 6.92 Å². The Bertz CT molecular complexity index is 988. The smallest absolute Gasteiger partial charge is 0.303 e. The van der Waals surface area contributed by atoms with E-state index < -0.39 is 6.10 Å². The second-order valence-electron chi connectivity index (χ2n) is 9.25. The number of hydrogen-bond acceptors (Lipinski definition) is 5. The Morgan fingerprint density at radius 1 is 0.914 bits per heavy atom. The highest BCUT2D eigenvalue weighted by atomic mass is 16.5. The third-order valence-electron chi connectivity index (χ3n) is 6.69. The van der Waals surface area contributed by atoms with Crippen molar-refractivity contribution in [1.82, 2.24) is 4.90 Å². The van der Waals surface area contributed by atoms with Crippen molar-refractivity contribution in [3.63, 3.8) is 0 Å². The monoisotopic (exact) mass is 473 g/mol. The molecule has 0 amide bonds. The number of rotatable bonds is 10. The maximum absolute atomic E-state index is 11.7.